The van der Waals surface area contributed by atoms with Crippen molar-refractivity contribution in [3.8, 4) is 22.8 Å². The summed E-state index contributed by atoms with van der Waals surface area (Å²) in [5, 5.41) is 10.5. The van der Waals surface area contributed by atoms with Gasteiger partial charge in [0.15, 0.2) is 0 Å². The molecule has 0 bridgehead atoms. The summed E-state index contributed by atoms with van der Waals surface area (Å²) >= 11 is 0. The molecule has 0 aliphatic rings. The molecule has 0 unspecified atom stereocenters. The molecule has 0 spiro atoms. The smallest absolute Gasteiger partial charge is 0.329 e. The number of aromatic amines is 1. The number of nitrogens with zero attached hydrogens (tertiary/aromatic N) is 1. The molecule has 0 amide bonds. The Labute approximate surface area is 168 Å². The fourth-order valence-electron chi connectivity index (χ4n) is 3.17. The molecular weight excluding hydrogens is 372 g/mol. The van der Waals surface area contributed by atoms with Gasteiger partial charge in [0.2, 0.25) is 5.88 Å². The van der Waals surface area contributed by atoms with Crippen molar-refractivity contribution in [3.63, 3.8) is 0 Å². The van der Waals surface area contributed by atoms with Gasteiger partial charge in [0.25, 0.3) is 0 Å². The lowest BCUT2D eigenvalue weighted by atomic mass is 10.0. The Balaban J connectivity index is 1.76. The minimum absolute atomic E-state index is 0.0508. The van der Waals surface area contributed by atoms with Crippen molar-refractivity contribution in [3.05, 3.63) is 70.8 Å². The monoisotopic (exact) mass is 396 g/mol. The molecule has 7 heteroatoms. The van der Waals surface area contributed by atoms with Gasteiger partial charge in [-0.3, -0.25) is 0 Å². The van der Waals surface area contributed by atoms with Crippen LogP contribution in [0.2, 0.25) is 0 Å². The summed E-state index contributed by atoms with van der Waals surface area (Å²) < 4.78 is 11.5. The van der Waals surface area contributed by atoms with Crippen molar-refractivity contribution in [1.82, 2.24) is 9.55 Å². The lowest BCUT2D eigenvalue weighted by molar-refractivity contribution is -0.146. The maximum atomic E-state index is 12.3. The number of rotatable bonds is 7. The molecule has 1 heterocycles. The highest BCUT2D eigenvalue weighted by Gasteiger charge is 2.30. The lowest BCUT2D eigenvalue weighted by Gasteiger charge is -2.19. The van der Waals surface area contributed by atoms with Gasteiger partial charge in [-0.05, 0) is 29.2 Å². The Morgan fingerprint density at radius 3 is 2.28 bits per heavy atom. The van der Waals surface area contributed by atoms with Crippen LogP contribution in [0.4, 0.5) is 0 Å². The number of hydrogen-bond donors (Lipinski definition) is 2. The number of methoxy groups -OCH3 is 1. The van der Waals surface area contributed by atoms with E-state index in [0.29, 0.717) is 5.75 Å². The van der Waals surface area contributed by atoms with E-state index < -0.39 is 17.7 Å². The summed E-state index contributed by atoms with van der Waals surface area (Å²) in [6, 6.07) is 16.5. The lowest BCUT2D eigenvalue weighted by Crippen LogP contribution is -2.32. The summed E-state index contributed by atoms with van der Waals surface area (Å²) in [5.74, 6) is -0.590. The number of carbonyl (C=O) groups excluding carboxylic acids is 1. The molecule has 3 rings (SSSR count). The van der Waals surface area contributed by atoms with Crippen molar-refractivity contribution in [2.45, 2.75) is 26.5 Å². The van der Waals surface area contributed by atoms with Crippen LogP contribution in [0.5, 0.6) is 11.6 Å². The summed E-state index contributed by atoms with van der Waals surface area (Å²) in [5.41, 5.74) is 1.75. The van der Waals surface area contributed by atoms with Crippen LogP contribution in [0, 0.1) is 5.92 Å². The third kappa shape index (κ3) is 4.34. The van der Waals surface area contributed by atoms with Gasteiger partial charge in [0, 0.05) is 0 Å². The highest BCUT2D eigenvalue weighted by molar-refractivity contribution is 5.74. The second-order valence-electron chi connectivity index (χ2n) is 6.99. The molecule has 0 fully saturated rings. The van der Waals surface area contributed by atoms with Crippen LogP contribution < -0.4 is 10.4 Å². The Bertz CT molecular complexity index is 1020. The number of ether oxygens (including phenoxy) is 2. The van der Waals surface area contributed by atoms with Gasteiger partial charge in [-0.25, -0.2) is 14.2 Å². The van der Waals surface area contributed by atoms with Crippen LogP contribution in [0.1, 0.15) is 25.6 Å². The van der Waals surface area contributed by atoms with Crippen molar-refractivity contribution in [1.29, 1.82) is 0 Å². The molecule has 0 saturated heterocycles. The zero-order valence-electron chi connectivity index (χ0n) is 16.6. The standard InChI is InChI=1S/C22H24N2O5/c1-14(2)19(21(26)28-3)24-20(25)18(23-22(24)27)13-29-17-11-9-16(10-12-17)15-7-5-4-6-8-15/h4-12,14,19,25H,13H2,1-3H3,(H,23,27)/t19-/m1/s1. The molecule has 0 aliphatic heterocycles. The van der Waals surface area contributed by atoms with E-state index >= 15 is 0 Å². The number of esters is 1. The molecule has 2 N–H and O–H groups in total. The van der Waals surface area contributed by atoms with Gasteiger partial charge >= 0.3 is 11.7 Å². The van der Waals surface area contributed by atoms with Gasteiger partial charge < -0.3 is 19.6 Å². The number of benzene rings is 2. The predicted octanol–water partition coefficient (Wildman–Crippen LogP) is 3.50. The average molecular weight is 396 g/mol. The van der Waals surface area contributed by atoms with Crippen molar-refractivity contribution in [2.75, 3.05) is 7.11 Å². The van der Waals surface area contributed by atoms with E-state index in [4.69, 9.17) is 9.47 Å². The Morgan fingerprint density at radius 2 is 1.69 bits per heavy atom. The largest absolute Gasteiger partial charge is 0.493 e. The molecule has 0 saturated carbocycles. The molecule has 0 aliphatic carbocycles. The van der Waals surface area contributed by atoms with Gasteiger partial charge in [-0.15, -0.1) is 0 Å². The van der Waals surface area contributed by atoms with E-state index in [1.165, 1.54) is 7.11 Å². The predicted molar refractivity (Wildman–Crippen MR) is 109 cm³/mol. The molecule has 3 aromatic rings. The topological polar surface area (TPSA) is 93.5 Å². The van der Waals surface area contributed by atoms with E-state index in [0.717, 1.165) is 15.7 Å². The number of imidazole rings is 1. The van der Waals surface area contributed by atoms with Gasteiger partial charge in [-0.1, -0.05) is 56.3 Å². The van der Waals surface area contributed by atoms with Crippen molar-refractivity contribution >= 4 is 5.97 Å². The molecule has 2 aromatic carbocycles. The maximum absolute atomic E-state index is 12.3. The van der Waals surface area contributed by atoms with Crippen LogP contribution in [0.15, 0.2) is 59.4 Å². The number of H-pyrrole nitrogens is 1. The number of aromatic hydroxyl groups is 1. The Morgan fingerprint density at radius 1 is 1.07 bits per heavy atom. The second kappa shape index (κ2) is 8.68. The third-order valence-corrected chi connectivity index (χ3v) is 4.67. The van der Waals surface area contributed by atoms with Crippen LogP contribution in [0.3, 0.4) is 0 Å². The first-order valence-electron chi connectivity index (χ1n) is 9.30. The summed E-state index contributed by atoms with van der Waals surface area (Å²) in [6.07, 6.45) is 0. The van der Waals surface area contributed by atoms with Gasteiger partial charge in [0.1, 0.15) is 24.1 Å². The molecule has 1 aromatic heterocycles. The highest BCUT2D eigenvalue weighted by atomic mass is 16.5. The van der Waals surface area contributed by atoms with E-state index in [1.807, 2.05) is 54.6 Å². The van der Waals surface area contributed by atoms with Crippen molar-refractivity contribution < 1.29 is 19.4 Å². The van der Waals surface area contributed by atoms with Gasteiger partial charge in [0.05, 0.1) is 7.11 Å². The first-order chi connectivity index (χ1) is 13.9. The number of nitrogens with one attached hydrogen (secondary N) is 1. The Hall–Kier alpha value is -3.48. The Kier molecular flexibility index (Phi) is 6.07. The molecule has 0 radical (unpaired) electrons. The van der Waals surface area contributed by atoms with Crippen LogP contribution in [-0.4, -0.2) is 27.7 Å². The maximum Gasteiger partial charge on any atom is 0.329 e. The van der Waals surface area contributed by atoms with Gasteiger partial charge in [-0.2, -0.15) is 0 Å². The fourth-order valence-corrected chi connectivity index (χ4v) is 3.17. The average Bonchev–Trinajstić information content (AvgIpc) is 3.01. The normalized spacial score (nSPS) is 12.0. The minimum Gasteiger partial charge on any atom is -0.493 e. The quantitative estimate of drug-likeness (QED) is 0.596. The summed E-state index contributed by atoms with van der Waals surface area (Å²) in [4.78, 5) is 26.9. The third-order valence-electron chi connectivity index (χ3n) is 4.67. The number of carbonyl (C=O) groups is 1. The SMILES string of the molecule is COC(=O)[C@@H](C(C)C)n1c(O)c(COc2ccc(-c3ccccc3)cc2)[nH]c1=O. The fraction of sp³-hybridized carbons (Fsp3) is 0.273. The van der Waals surface area contributed by atoms with Crippen LogP contribution in [-0.2, 0) is 16.1 Å². The molecule has 7 nitrogen and oxygen atoms in total. The zero-order chi connectivity index (χ0) is 21.0. The van der Waals surface area contributed by atoms with E-state index in [-0.39, 0.29) is 24.1 Å². The van der Waals surface area contributed by atoms with Crippen LogP contribution >= 0.6 is 0 Å². The van der Waals surface area contributed by atoms with E-state index in [9.17, 15) is 14.7 Å². The first kappa shape index (κ1) is 20.3. The second-order valence-corrected chi connectivity index (χ2v) is 6.99. The highest BCUT2D eigenvalue weighted by Crippen LogP contribution is 2.26. The molecule has 152 valence electrons. The molecule has 1 atom stereocenters. The van der Waals surface area contributed by atoms with Crippen LogP contribution in [0.25, 0.3) is 11.1 Å². The number of aromatic nitrogens is 2. The van der Waals surface area contributed by atoms with Crippen molar-refractivity contribution in [2.24, 2.45) is 5.92 Å². The summed E-state index contributed by atoms with van der Waals surface area (Å²) in [7, 11) is 1.25. The van der Waals surface area contributed by atoms with E-state index in [1.54, 1.807) is 13.8 Å². The first-order valence-corrected chi connectivity index (χ1v) is 9.30. The van der Waals surface area contributed by atoms with E-state index in [2.05, 4.69) is 4.98 Å². The summed E-state index contributed by atoms with van der Waals surface area (Å²) in [6.45, 7) is 3.49. The minimum atomic E-state index is -0.928. The molecular formula is C22H24N2O5. The zero-order valence-corrected chi connectivity index (χ0v) is 16.6. The molecule has 29 heavy (non-hydrogen) atoms. The number of hydrogen-bond acceptors (Lipinski definition) is 5.